The van der Waals surface area contributed by atoms with E-state index in [1.165, 1.54) is 12.1 Å². The standard InChI is InChI=1S/C20H24F2N2O2/c1-2-3-8-17(25)24-12-10-20(14-24)9-5-11-23(19(20)26)13-15-6-4-7-16(21)18(15)22/h2-4,6-7H,5,8-14H2,1H3. The van der Waals surface area contributed by atoms with Gasteiger partial charge >= 0.3 is 0 Å². The van der Waals surface area contributed by atoms with Crippen molar-refractivity contribution in [2.75, 3.05) is 19.6 Å². The Balaban J connectivity index is 1.72. The second kappa shape index (κ2) is 7.56. The van der Waals surface area contributed by atoms with Gasteiger partial charge in [-0.2, -0.15) is 0 Å². The molecule has 140 valence electrons. The Kier molecular flexibility index (Phi) is 5.39. The summed E-state index contributed by atoms with van der Waals surface area (Å²) in [6.45, 7) is 3.46. The number of piperidine rings is 1. The highest BCUT2D eigenvalue weighted by molar-refractivity contribution is 5.86. The smallest absolute Gasteiger partial charge is 0.230 e. The Morgan fingerprint density at radius 2 is 2.08 bits per heavy atom. The number of amides is 2. The molecule has 1 atom stereocenters. The fourth-order valence-electron chi connectivity index (χ4n) is 3.99. The molecule has 1 unspecified atom stereocenters. The molecule has 0 radical (unpaired) electrons. The van der Waals surface area contributed by atoms with Crippen LogP contribution in [0.4, 0.5) is 8.78 Å². The lowest BCUT2D eigenvalue weighted by Gasteiger charge is -2.39. The predicted molar refractivity (Wildman–Crippen MR) is 94.1 cm³/mol. The Hall–Kier alpha value is -2.24. The second-order valence-electron chi connectivity index (χ2n) is 7.16. The van der Waals surface area contributed by atoms with Crippen molar-refractivity contribution in [2.24, 2.45) is 5.41 Å². The van der Waals surface area contributed by atoms with Gasteiger partial charge in [0, 0.05) is 38.2 Å². The van der Waals surface area contributed by atoms with Crippen LogP contribution in [0.25, 0.3) is 0 Å². The predicted octanol–water partition coefficient (Wildman–Crippen LogP) is 3.27. The zero-order valence-corrected chi connectivity index (χ0v) is 15.0. The van der Waals surface area contributed by atoms with Crippen LogP contribution in [0.5, 0.6) is 0 Å². The topological polar surface area (TPSA) is 40.6 Å². The summed E-state index contributed by atoms with van der Waals surface area (Å²) in [5.74, 6) is -1.81. The number of hydrogen-bond donors (Lipinski definition) is 0. The Morgan fingerprint density at radius 3 is 2.85 bits per heavy atom. The largest absolute Gasteiger partial charge is 0.341 e. The molecular weight excluding hydrogens is 338 g/mol. The van der Waals surface area contributed by atoms with E-state index in [4.69, 9.17) is 0 Å². The quantitative estimate of drug-likeness (QED) is 0.772. The van der Waals surface area contributed by atoms with Crippen molar-refractivity contribution in [1.29, 1.82) is 0 Å². The molecule has 2 aliphatic rings. The summed E-state index contributed by atoms with van der Waals surface area (Å²) in [6, 6.07) is 4.03. The van der Waals surface area contributed by atoms with Gasteiger partial charge in [0.15, 0.2) is 11.6 Å². The summed E-state index contributed by atoms with van der Waals surface area (Å²) in [6.07, 6.45) is 6.18. The van der Waals surface area contributed by atoms with Crippen LogP contribution in [-0.4, -0.2) is 41.2 Å². The van der Waals surface area contributed by atoms with Crippen molar-refractivity contribution in [3.8, 4) is 0 Å². The molecule has 1 aromatic rings. The number of halogens is 2. The van der Waals surface area contributed by atoms with Gasteiger partial charge in [0.25, 0.3) is 0 Å². The first kappa shape index (κ1) is 18.5. The van der Waals surface area contributed by atoms with Crippen LogP contribution in [0.1, 0.15) is 38.2 Å². The molecule has 4 nitrogen and oxygen atoms in total. The van der Waals surface area contributed by atoms with Crippen LogP contribution in [0.2, 0.25) is 0 Å². The summed E-state index contributed by atoms with van der Waals surface area (Å²) < 4.78 is 27.4. The minimum absolute atomic E-state index is 0.0288. The first-order valence-corrected chi connectivity index (χ1v) is 9.08. The van der Waals surface area contributed by atoms with Gasteiger partial charge in [0.1, 0.15) is 0 Å². The number of allylic oxidation sites excluding steroid dienone is 1. The Morgan fingerprint density at radius 1 is 1.27 bits per heavy atom. The highest BCUT2D eigenvalue weighted by Gasteiger charge is 2.49. The molecule has 1 spiro atoms. The lowest BCUT2D eigenvalue weighted by Crippen LogP contribution is -2.50. The minimum Gasteiger partial charge on any atom is -0.341 e. The fourth-order valence-corrected chi connectivity index (χ4v) is 3.99. The van der Waals surface area contributed by atoms with Crippen molar-refractivity contribution >= 4 is 11.8 Å². The minimum atomic E-state index is -0.900. The van der Waals surface area contributed by atoms with Gasteiger partial charge in [-0.3, -0.25) is 9.59 Å². The van der Waals surface area contributed by atoms with E-state index >= 15 is 0 Å². The molecule has 0 N–H and O–H groups in total. The van der Waals surface area contributed by atoms with Crippen LogP contribution in [0.15, 0.2) is 30.4 Å². The number of carbonyl (C=O) groups excluding carboxylic acids is 2. The van der Waals surface area contributed by atoms with Gasteiger partial charge < -0.3 is 9.80 Å². The summed E-state index contributed by atoms with van der Waals surface area (Å²) in [7, 11) is 0. The lowest BCUT2D eigenvalue weighted by molar-refractivity contribution is -0.146. The summed E-state index contributed by atoms with van der Waals surface area (Å²) in [5.41, 5.74) is -0.386. The number of benzene rings is 1. The van der Waals surface area contributed by atoms with E-state index in [-0.39, 0.29) is 23.9 Å². The first-order chi connectivity index (χ1) is 12.5. The van der Waals surface area contributed by atoms with Crippen molar-refractivity contribution in [3.05, 3.63) is 47.5 Å². The molecule has 26 heavy (non-hydrogen) atoms. The van der Waals surface area contributed by atoms with Crippen LogP contribution >= 0.6 is 0 Å². The molecule has 2 aliphatic heterocycles. The highest BCUT2D eigenvalue weighted by Crippen LogP contribution is 2.40. The third kappa shape index (κ3) is 3.50. The molecule has 2 fully saturated rings. The van der Waals surface area contributed by atoms with Gasteiger partial charge in [-0.15, -0.1) is 0 Å². The maximum Gasteiger partial charge on any atom is 0.230 e. The van der Waals surface area contributed by atoms with E-state index in [0.29, 0.717) is 32.5 Å². The number of rotatable bonds is 4. The van der Waals surface area contributed by atoms with Gasteiger partial charge in [-0.1, -0.05) is 24.3 Å². The summed E-state index contributed by atoms with van der Waals surface area (Å²) >= 11 is 0. The zero-order valence-electron chi connectivity index (χ0n) is 15.0. The van der Waals surface area contributed by atoms with Crippen LogP contribution in [0.3, 0.4) is 0 Å². The number of nitrogens with zero attached hydrogens (tertiary/aromatic N) is 2. The van der Waals surface area contributed by atoms with E-state index < -0.39 is 17.0 Å². The Labute approximate surface area is 152 Å². The first-order valence-electron chi connectivity index (χ1n) is 9.08. The molecule has 6 heteroatoms. The van der Waals surface area contributed by atoms with Crippen LogP contribution in [-0.2, 0) is 16.1 Å². The molecule has 0 aliphatic carbocycles. The maximum atomic E-state index is 14.0. The SMILES string of the molecule is CC=CCC(=O)N1CCC2(CCCN(Cc3cccc(F)c3F)C2=O)C1. The maximum absolute atomic E-state index is 14.0. The molecule has 0 aromatic heterocycles. The van der Waals surface area contributed by atoms with Gasteiger partial charge in [0.05, 0.1) is 5.41 Å². The summed E-state index contributed by atoms with van der Waals surface area (Å²) in [4.78, 5) is 28.7. The van der Waals surface area contributed by atoms with E-state index in [9.17, 15) is 18.4 Å². The van der Waals surface area contributed by atoms with Crippen molar-refractivity contribution in [2.45, 2.75) is 39.2 Å². The molecular formula is C20H24F2N2O2. The molecule has 2 saturated heterocycles. The fraction of sp³-hybridized carbons (Fsp3) is 0.500. The van der Waals surface area contributed by atoms with E-state index in [0.717, 1.165) is 18.9 Å². The number of likely N-dealkylation sites (tertiary alicyclic amines) is 2. The van der Waals surface area contributed by atoms with Crippen LogP contribution in [0, 0.1) is 17.0 Å². The van der Waals surface area contributed by atoms with Gasteiger partial charge in [-0.25, -0.2) is 8.78 Å². The van der Waals surface area contributed by atoms with E-state index in [1.54, 1.807) is 9.80 Å². The van der Waals surface area contributed by atoms with Gasteiger partial charge in [0.2, 0.25) is 11.8 Å². The van der Waals surface area contributed by atoms with E-state index in [2.05, 4.69) is 0 Å². The molecule has 2 amide bonds. The average molecular weight is 362 g/mol. The van der Waals surface area contributed by atoms with Crippen molar-refractivity contribution in [3.63, 3.8) is 0 Å². The molecule has 2 heterocycles. The zero-order chi connectivity index (χ0) is 18.7. The lowest BCUT2D eigenvalue weighted by atomic mass is 9.78. The number of hydrogen-bond acceptors (Lipinski definition) is 2. The molecule has 1 aromatic carbocycles. The third-order valence-electron chi connectivity index (χ3n) is 5.45. The Bertz CT molecular complexity index is 735. The summed E-state index contributed by atoms with van der Waals surface area (Å²) in [5, 5.41) is 0. The molecule has 3 rings (SSSR count). The highest BCUT2D eigenvalue weighted by atomic mass is 19.2. The molecule has 0 saturated carbocycles. The van der Waals surface area contributed by atoms with Crippen molar-refractivity contribution < 1.29 is 18.4 Å². The number of carbonyl (C=O) groups is 2. The third-order valence-corrected chi connectivity index (χ3v) is 5.45. The van der Waals surface area contributed by atoms with Crippen LogP contribution < -0.4 is 0 Å². The average Bonchev–Trinajstić information content (AvgIpc) is 3.06. The monoisotopic (exact) mass is 362 g/mol. The normalized spacial score (nSPS) is 23.4. The molecule has 0 bridgehead atoms. The van der Waals surface area contributed by atoms with Gasteiger partial charge in [-0.05, 0) is 32.3 Å². The van der Waals surface area contributed by atoms with E-state index in [1.807, 2.05) is 19.1 Å². The van der Waals surface area contributed by atoms with Crippen molar-refractivity contribution in [1.82, 2.24) is 9.80 Å². The second-order valence-corrected chi connectivity index (χ2v) is 7.16.